The summed E-state index contributed by atoms with van der Waals surface area (Å²) in [4.78, 5) is 24.3. The number of esters is 2. The first-order chi connectivity index (χ1) is 31.9. The van der Waals surface area contributed by atoms with Gasteiger partial charge in [0.2, 0.25) is 6.23 Å². The largest absolute Gasteiger partial charge is 1.00 e. The number of hydrogen-bond donors (Lipinski definition) is 0. The molecule has 2 heterocycles. The molecule has 67 heavy (non-hydrogen) atoms. The Hall–Kier alpha value is -0.980. The molecule has 0 aromatic carbocycles. The highest BCUT2D eigenvalue weighted by Crippen LogP contribution is 2.33. The Bertz CT molecular complexity index is 1330. The van der Waals surface area contributed by atoms with Crippen molar-refractivity contribution in [2.24, 2.45) is 11.8 Å². The van der Waals surface area contributed by atoms with E-state index in [1.165, 1.54) is 191 Å². The number of hydrogen-bond acceptors (Lipinski definition) is 8. The van der Waals surface area contributed by atoms with Gasteiger partial charge in [0.05, 0.1) is 31.9 Å². The molecule has 0 saturated carbocycles. The molecule has 1 aromatic heterocycles. The molecule has 11 heteroatoms. The maximum Gasteiger partial charge on any atom is 0.310 e. The summed E-state index contributed by atoms with van der Waals surface area (Å²) < 4.78 is 27.3. The molecule has 1 aliphatic heterocycles. The SMILES string of the molecule is CCCCCCCCCCCCCCCC(Cl)OC(=O)CC(C)C.CCCCCCCCCCCCCCCC(OC(=O)CC(C)C)[N+]1(C)CCC=C(c2nsnc2OCCCCCC)C1.[I-]. The van der Waals surface area contributed by atoms with Crippen LogP contribution in [0.25, 0.3) is 5.57 Å². The zero-order valence-electron chi connectivity index (χ0n) is 44.8. The first-order valence-corrected chi connectivity index (χ1v) is 29.1. The maximum atomic E-state index is 12.9. The van der Waals surface area contributed by atoms with Gasteiger partial charge in [-0.05, 0) is 37.5 Å². The number of likely N-dealkylation sites (N-methyl/N-ethyl adjacent to an activating group) is 1. The Morgan fingerprint density at radius 2 is 1.00 bits per heavy atom. The summed E-state index contributed by atoms with van der Waals surface area (Å²) in [7, 11) is 2.26. The van der Waals surface area contributed by atoms with Crippen LogP contribution < -0.4 is 28.7 Å². The predicted molar refractivity (Wildman–Crippen MR) is 283 cm³/mol. The van der Waals surface area contributed by atoms with Crippen LogP contribution in [0.15, 0.2) is 6.08 Å². The van der Waals surface area contributed by atoms with E-state index >= 15 is 0 Å². The number of aromatic nitrogens is 2. The number of rotatable bonds is 42. The van der Waals surface area contributed by atoms with Gasteiger partial charge >= 0.3 is 11.9 Å². The van der Waals surface area contributed by atoms with Gasteiger partial charge in [0.25, 0.3) is 5.88 Å². The second-order valence-corrected chi connectivity index (χ2v) is 21.8. The average molecular weight is 1090 g/mol. The molecule has 0 aliphatic carbocycles. The molecular weight excluding hydrogens is 989 g/mol. The summed E-state index contributed by atoms with van der Waals surface area (Å²) in [6.07, 6.45) is 45.3. The van der Waals surface area contributed by atoms with Crippen molar-refractivity contribution in [2.45, 2.75) is 285 Å². The maximum absolute atomic E-state index is 12.9. The van der Waals surface area contributed by atoms with Gasteiger partial charge < -0.3 is 38.2 Å². The summed E-state index contributed by atoms with van der Waals surface area (Å²) in [6.45, 7) is 17.4. The van der Waals surface area contributed by atoms with E-state index in [4.69, 9.17) is 25.8 Å². The van der Waals surface area contributed by atoms with E-state index in [9.17, 15) is 9.59 Å². The molecule has 0 bridgehead atoms. The summed E-state index contributed by atoms with van der Waals surface area (Å²) in [5.74, 6) is 1.07. The van der Waals surface area contributed by atoms with Crippen LogP contribution in [0.3, 0.4) is 0 Å². The molecule has 0 radical (unpaired) electrons. The fourth-order valence-electron chi connectivity index (χ4n) is 8.93. The molecule has 8 nitrogen and oxygen atoms in total. The van der Waals surface area contributed by atoms with Crippen molar-refractivity contribution < 1.29 is 52.3 Å². The van der Waals surface area contributed by atoms with E-state index in [0.717, 1.165) is 57.3 Å². The molecule has 2 rings (SSSR count). The van der Waals surface area contributed by atoms with Gasteiger partial charge in [-0.25, -0.2) is 0 Å². The Balaban J connectivity index is 0.00000149. The fraction of sp³-hybridized carbons (Fsp3) is 0.893. The van der Waals surface area contributed by atoms with E-state index in [0.29, 0.717) is 41.6 Å². The van der Waals surface area contributed by atoms with Gasteiger partial charge in [0.15, 0.2) is 5.56 Å². The molecule has 1 aromatic rings. The van der Waals surface area contributed by atoms with Crippen LogP contribution in [0.2, 0.25) is 0 Å². The molecule has 1 aliphatic rings. The smallest absolute Gasteiger partial charge is 0.310 e. The van der Waals surface area contributed by atoms with Gasteiger partial charge in [-0.1, -0.05) is 240 Å². The van der Waals surface area contributed by atoms with Crippen LogP contribution in [0.5, 0.6) is 5.88 Å². The lowest BCUT2D eigenvalue weighted by Gasteiger charge is -2.43. The third-order valence-corrected chi connectivity index (χ3v) is 13.8. The van der Waals surface area contributed by atoms with Gasteiger partial charge in [-0.2, -0.15) is 4.37 Å². The monoisotopic (exact) mass is 1090 g/mol. The molecule has 3 unspecified atom stereocenters. The number of carbonyl (C=O) groups excluding carboxylic acids is 2. The number of halogens is 2. The second kappa shape index (κ2) is 44.9. The van der Waals surface area contributed by atoms with Crippen molar-refractivity contribution in [1.82, 2.24) is 8.75 Å². The molecule has 0 N–H and O–H groups in total. The summed E-state index contributed by atoms with van der Waals surface area (Å²) in [6, 6.07) is 0. The number of ether oxygens (including phenoxy) is 3. The van der Waals surface area contributed by atoms with Crippen LogP contribution >= 0.6 is 23.3 Å². The minimum absolute atomic E-state index is 0. The zero-order chi connectivity index (χ0) is 48.5. The lowest BCUT2D eigenvalue weighted by Crippen LogP contribution is -3.00. The predicted octanol–water partition coefficient (Wildman–Crippen LogP) is 14.8. The molecule has 0 fully saturated rings. The van der Waals surface area contributed by atoms with Crippen LogP contribution in [0, 0.1) is 11.8 Å². The second-order valence-electron chi connectivity index (χ2n) is 20.8. The molecular formula is C56H105ClIN3O5S. The molecule has 0 saturated heterocycles. The fourth-order valence-corrected chi connectivity index (χ4v) is 9.71. The Labute approximate surface area is 440 Å². The third-order valence-electron chi connectivity index (χ3n) is 13.0. The zero-order valence-corrected chi connectivity index (χ0v) is 48.5. The van der Waals surface area contributed by atoms with Crippen LogP contribution in [0.1, 0.15) is 279 Å². The molecule has 0 spiro atoms. The van der Waals surface area contributed by atoms with Crippen LogP contribution in [-0.2, 0) is 19.1 Å². The summed E-state index contributed by atoms with van der Waals surface area (Å²) >= 11 is 7.29. The van der Waals surface area contributed by atoms with E-state index in [2.05, 4.69) is 56.5 Å². The lowest BCUT2D eigenvalue weighted by molar-refractivity contribution is -0.947. The summed E-state index contributed by atoms with van der Waals surface area (Å²) in [5, 5.41) is 0. The summed E-state index contributed by atoms with van der Waals surface area (Å²) in [5.41, 5.74) is 1.62. The van der Waals surface area contributed by atoms with Crippen molar-refractivity contribution in [3.63, 3.8) is 0 Å². The van der Waals surface area contributed by atoms with Crippen molar-refractivity contribution in [3.8, 4) is 5.88 Å². The Morgan fingerprint density at radius 1 is 0.597 bits per heavy atom. The van der Waals surface area contributed by atoms with Gasteiger partial charge in [0.1, 0.15) is 12.2 Å². The Morgan fingerprint density at radius 3 is 1.45 bits per heavy atom. The van der Waals surface area contributed by atoms with Gasteiger partial charge in [0, 0.05) is 31.3 Å². The number of nitrogens with zero attached hydrogens (tertiary/aromatic N) is 3. The quantitative estimate of drug-likeness (QED) is 0.0212. The average Bonchev–Trinajstić information content (AvgIpc) is 3.75. The highest BCUT2D eigenvalue weighted by molar-refractivity contribution is 6.99. The highest BCUT2D eigenvalue weighted by Gasteiger charge is 2.39. The molecule has 3 atom stereocenters. The number of quaternary nitrogens is 1. The van der Waals surface area contributed by atoms with Crippen molar-refractivity contribution in [1.29, 1.82) is 0 Å². The number of unbranched alkanes of at least 4 members (excludes halogenated alkanes) is 27. The highest BCUT2D eigenvalue weighted by atomic mass is 127. The minimum Gasteiger partial charge on any atom is -1.00 e. The van der Waals surface area contributed by atoms with Crippen molar-refractivity contribution >= 4 is 40.8 Å². The van der Waals surface area contributed by atoms with Gasteiger partial charge in [-0.3, -0.25) is 14.1 Å². The van der Waals surface area contributed by atoms with Crippen molar-refractivity contribution in [3.05, 3.63) is 11.8 Å². The van der Waals surface area contributed by atoms with E-state index in [-0.39, 0.29) is 42.1 Å². The van der Waals surface area contributed by atoms with Crippen LogP contribution in [0.4, 0.5) is 0 Å². The third kappa shape index (κ3) is 36.6. The first-order valence-electron chi connectivity index (χ1n) is 28.0. The Kier molecular flexibility index (Phi) is 44.3. The van der Waals surface area contributed by atoms with E-state index < -0.39 is 5.56 Å². The minimum atomic E-state index is -0.441. The van der Waals surface area contributed by atoms with Crippen LogP contribution in [-0.4, -0.2) is 63.7 Å². The van der Waals surface area contributed by atoms with Gasteiger partial charge in [-0.15, -0.1) is 4.37 Å². The molecule has 394 valence electrons. The normalized spacial score (nSPS) is 15.7. The van der Waals surface area contributed by atoms with E-state index in [1.807, 2.05) is 13.8 Å². The van der Waals surface area contributed by atoms with E-state index in [1.54, 1.807) is 0 Å². The molecule has 0 amide bonds. The lowest BCUT2D eigenvalue weighted by atomic mass is 10.0. The van der Waals surface area contributed by atoms with Crippen molar-refractivity contribution in [2.75, 3.05) is 26.7 Å². The first kappa shape index (κ1) is 66.0. The topological polar surface area (TPSA) is 87.6 Å². The standard InChI is InChI=1S/C35H64N3O3S.C21H41ClO2.HI/c1-6-8-10-12-13-14-15-16-17-18-19-20-21-25-32(41-33(39)28-30(3)4)38(5)26-23-24-31(29-38)34-35(37-42-36-34)40-27-22-11-9-7-2;1-4-5-6-7-8-9-10-11-12-13-14-15-16-17-20(22)24-21(23)18-19(2)3;/h24,30,32H,6-23,25-29H2,1-5H3;19-20H,4-18H2,1-3H3;1H/q+1;;/p-1. The number of carbonyl (C=O) groups is 2. The number of alkyl halides is 1.